The summed E-state index contributed by atoms with van der Waals surface area (Å²) in [5.41, 5.74) is 0.617. The number of hydrogen-bond acceptors (Lipinski definition) is 2. The van der Waals surface area contributed by atoms with Crippen LogP contribution in [0.15, 0.2) is 59.6 Å². The predicted octanol–water partition coefficient (Wildman–Crippen LogP) is 5.50. The van der Waals surface area contributed by atoms with Gasteiger partial charge in [-0.25, -0.2) is 4.98 Å². The van der Waals surface area contributed by atoms with Gasteiger partial charge in [0.2, 0.25) is 0 Å². The number of nitrogens with one attached hydrogen (secondary N) is 1. The molecule has 0 unspecified atom stereocenters. The molecule has 24 heavy (non-hydrogen) atoms. The molecule has 7 heteroatoms. The molecular formula is C17H11ClF3N3. The second-order valence-corrected chi connectivity index (χ2v) is 5.33. The molecule has 0 spiro atoms. The Bertz CT molecular complexity index is 870. The minimum absolute atomic E-state index is 0.171. The number of hydrogen-bond donors (Lipinski definition) is 1. The van der Waals surface area contributed by atoms with Crippen molar-refractivity contribution >= 4 is 23.5 Å². The molecule has 0 fully saturated rings. The van der Waals surface area contributed by atoms with Crippen LogP contribution in [-0.4, -0.2) is 16.2 Å². The number of rotatable bonds is 3. The average molecular weight is 350 g/mol. The minimum Gasteiger partial charge on any atom is -0.328 e. The van der Waals surface area contributed by atoms with Crippen molar-refractivity contribution in [1.82, 2.24) is 9.97 Å². The molecule has 3 aromatic rings. The minimum atomic E-state index is -4.41. The van der Waals surface area contributed by atoms with Crippen molar-refractivity contribution in [2.24, 2.45) is 4.99 Å². The van der Waals surface area contributed by atoms with E-state index < -0.39 is 11.7 Å². The Kier molecular flexibility index (Phi) is 4.40. The van der Waals surface area contributed by atoms with Gasteiger partial charge in [-0.1, -0.05) is 48.0 Å². The monoisotopic (exact) mass is 349 g/mol. The maximum Gasteiger partial charge on any atom is 0.416 e. The Morgan fingerprint density at radius 3 is 2.50 bits per heavy atom. The molecule has 3 rings (SSSR count). The van der Waals surface area contributed by atoms with Crippen molar-refractivity contribution in [2.45, 2.75) is 6.18 Å². The standard InChI is InChI=1S/C17H11ClF3N3/c18-15-14(23-16(24-15)11-5-2-1-3-6-11)10-22-13-8-4-7-12(9-13)17(19,20)21/h1-10H,(H,23,24). The molecule has 1 aromatic heterocycles. The molecule has 0 aliphatic heterocycles. The molecule has 0 bridgehead atoms. The average Bonchev–Trinajstić information content (AvgIpc) is 2.94. The zero-order chi connectivity index (χ0) is 17.2. The third-order valence-electron chi connectivity index (χ3n) is 3.24. The van der Waals surface area contributed by atoms with Gasteiger partial charge >= 0.3 is 6.18 Å². The van der Waals surface area contributed by atoms with Gasteiger partial charge in [-0.15, -0.1) is 0 Å². The van der Waals surface area contributed by atoms with Crippen LogP contribution in [0.2, 0.25) is 5.15 Å². The van der Waals surface area contributed by atoms with Gasteiger partial charge < -0.3 is 4.98 Å². The first-order valence-electron chi connectivity index (χ1n) is 6.96. The van der Waals surface area contributed by atoms with E-state index in [2.05, 4.69) is 15.0 Å². The highest BCUT2D eigenvalue weighted by Gasteiger charge is 2.30. The van der Waals surface area contributed by atoms with Crippen LogP contribution in [0.4, 0.5) is 18.9 Å². The first kappa shape index (κ1) is 16.3. The van der Waals surface area contributed by atoms with Gasteiger partial charge in [0.05, 0.1) is 17.5 Å². The van der Waals surface area contributed by atoms with Crippen molar-refractivity contribution in [3.8, 4) is 11.4 Å². The highest BCUT2D eigenvalue weighted by molar-refractivity contribution is 6.31. The van der Waals surface area contributed by atoms with Gasteiger partial charge in [0.15, 0.2) is 0 Å². The third-order valence-corrected chi connectivity index (χ3v) is 3.53. The molecular weight excluding hydrogens is 339 g/mol. The van der Waals surface area contributed by atoms with Gasteiger partial charge in [-0.2, -0.15) is 13.2 Å². The quantitative estimate of drug-likeness (QED) is 0.623. The van der Waals surface area contributed by atoms with E-state index in [1.54, 1.807) is 0 Å². The van der Waals surface area contributed by atoms with Crippen LogP contribution in [0.1, 0.15) is 11.3 Å². The van der Waals surface area contributed by atoms with Gasteiger partial charge in [0.25, 0.3) is 0 Å². The molecule has 0 radical (unpaired) electrons. The summed E-state index contributed by atoms with van der Waals surface area (Å²) in [6, 6.07) is 14.1. The first-order chi connectivity index (χ1) is 11.4. The number of imidazole rings is 1. The summed E-state index contributed by atoms with van der Waals surface area (Å²) in [6.45, 7) is 0. The van der Waals surface area contributed by atoms with E-state index in [4.69, 9.17) is 11.6 Å². The van der Waals surface area contributed by atoms with Crippen molar-refractivity contribution in [3.05, 3.63) is 71.0 Å². The fourth-order valence-corrected chi connectivity index (χ4v) is 2.26. The lowest BCUT2D eigenvalue weighted by molar-refractivity contribution is -0.137. The lowest BCUT2D eigenvalue weighted by Gasteiger charge is -2.06. The smallest absolute Gasteiger partial charge is 0.328 e. The van der Waals surface area contributed by atoms with Crippen LogP contribution in [0.25, 0.3) is 11.4 Å². The zero-order valence-corrected chi connectivity index (χ0v) is 12.9. The third kappa shape index (κ3) is 3.65. The Morgan fingerprint density at radius 1 is 1.04 bits per heavy atom. The molecule has 1 N–H and O–H groups in total. The summed E-state index contributed by atoms with van der Waals surface area (Å²) in [5, 5.41) is 0.268. The van der Waals surface area contributed by atoms with Gasteiger partial charge in [0.1, 0.15) is 16.7 Å². The largest absolute Gasteiger partial charge is 0.416 e. The summed E-state index contributed by atoms with van der Waals surface area (Å²) in [7, 11) is 0. The molecule has 0 saturated carbocycles. The van der Waals surface area contributed by atoms with E-state index in [9.17, 15) is 13.2 Å². The molecule has 3 nitrogen and oxygen atoms in total. The van der Waals surface area contributed by atoms with Crippen molar-refractivity contribution < 1.29 is 13.2 Å². The zero-order valence-electron chi connectivity index (χ0n) is 12.2. The number of nitrogens with zero attached hydrogens (tertiary/aromatic N) is 2. The van der Waals surface area contributed by atoms with Crippen LogP contribution in [0.3, 0.4) is 0 Å². The number of H-pyrrole nitrogens is 1. The molecule has 122 valence electrons. The van der Waals surface area contributed by atoms with Crippen LogP contribution in [0.5, 0.6) is 0 Å². The van der Waals surface area contributed by atoms with E-state index in [1.165, 1.54) is 18.3 Å². The number of halogens is 4. The second kappa shape index (κ2) is 6.49. The Labute approximate surface area is 140 Å². The van der Waals surface area contributed by atoms with Crippen molar-refractivity contribution in [2.75, 3.05) is 0 Å². The fourth-order valence-electron chi connectivity index (χ4n) is 2.08. The summed E-state index contributed by atoms with van der Waals surface area (Å²) >= 11 is 6.08. The SMILES string of the molecule is FC(F)(F)c1cccc(N=Cc2nc(-c3ccccc3)[nH]c2Cl)c1. The number of benzene rings is 2. The predicted molar refractivity (Wildman–Crippen MR) is 87.7 cm³/mol. The van der Waals surface area contributed by atoms with E-state index in [0.29, 0.717) is 11.5 Å². The molecule has 0 atom stereocenters. The van der Waals surface area contributed by atoms with Crippen LogP contribution < -0.4 is 0 Å². The van der Waals surface area contributed by atoms with Gasteiger partial charge in [0, 0.05) is 5.56 Å². The summed E-state index contributed by atoms with van der Waals surface area (Å²) in [6.07, 6.45) is -3.07. The number of aliphatic imine (C=N–C) groups is 1. The van der Waals surface area contributed by atoms with Gasteiger partial charge in [-0.05, 0) is 18.2 Å². The Hall–Kier alpha value is -2.60. The Balaban J connectivity index is 1.87. The number of aromatic amines is 1. The Morgan fingerprint density at radius 2 is 1.79 bits per heavy atom. The highest BCUT2D eigenvalue weighted by atomic mass is 35.5. The molecule has 0 aliphatic carbocycles. The number of alkyl halides is 3. The molecule has 0 amide bonds. The normalized spacial score (nSPS) is 12.0. The van der Waals surface area contributed by atoms with E-state index in [-0.39, 0.29) is 10.8 Å². The maximum absolute atomic E-state index is 12.7. The van der Waals surface area contributed by atoms with Gasteiger partial charge in [-0.3, -0.25) is 4.99 Å². The number of aromatic nitrogens is 2. The summed E-state index contributed by atoms with van der Waals surface area (Å²) < 4.78 is 38.1. The van der Waals surface area contributed by atoms with E-state index in [1.807, 2.05) is 30.3 Å². The molecule has 0 aliphatic rings. The van der Waals surface area contributed by atoms with Crippen LogP contribution >= 0.6 is 11.6 Å². The van der Waals surface area contributed by atoms with E-state index in [0.717, 1.165) is 17.7 Å². The lowest BCUT2D eigenvalue weighted by atomic mass is 10.2. The fraction of sp³-hybridized carbons (Fsp3) is 0.0588. The van der Waals surface area contributed by atoms with Crippen LogP contribution in [0, 0.1) is 0 Å². The maximum atomic E-state index is 12.7. The second-order valence-electron chi connectivity index (χ2n) is 4.96. The topological polar surface area (TPSA) is 41.0 Å². The van der Waals surface area contributed by atoms with Crippen molar-refractivity contribution in [1.29, 1.82) is 0 Å². The molecule has 1 heterocycles. The lowest BCUT2D eigenvalue weighted by Crippen LogP contribution is -2.03. The first-order valence-corrected chi connectivity index (χ1v) is 7.33. The summed E-state index contributed by atoms with van der Waals surface area (Å²) in [4.78, 5) is 11.2. The van der Waals surface area contributed by atoms with Crippen LogP contribution in [-0.2, 0) is 6.18 Å². The summed E-state index contributed by atoms with van der Waals surface area (Å²) in [5.74, 6) is 0.561. The van der Waals surface area contributed by atoms with E-state index >= 15 is 0 Å². The van der Waals surface area contributed by atoms with Crippen molar-refractivity contribution in [3.63, 3.8) is 0 Å². The molecule has 0 saturated heterocycles. The highest BCUT2D eigenvalue weighted by Crippen LogP contribution is 2.31. The molecule has 2 aromatic carbocycles.